The van der Waals surface area contributed by atoms with E-state index in [1.807, 2.05) is 0 Å². The van der Waals surface area contributed by atoms with E-state index in [0.29, 0.717) is 0 Å². The van der Waals surface area contributed by atoms with E-state index in [-0.39, 0.29) is 5.41 Å². The molecule has 2 aliphatic rings. The van der Waals surface area contributed by atoms with Crippen LogP contribution in [0.4, 0.5) is 0 Å². The molecule has 0 saturated heterocycles. The summed E-state index contributed by atoms with van der Waals surface area (Å²) in [5.41, 5.74) is 6.46. The Morgan fingerprint density at radius 1 is 1.00 bits per heavy atom. The van der Waals surface area contributed by atoms with Crippen molar-refractivity contribution in [2.75, 3.05) is 7.11 Å². The first-order chi connectivity index (χ1) is 11.2. The summed E-state index contributed by atoms with van der Waals surface area (Å²) in [5, 5.41) is 0. The van der Waals surface area contributed by atoms with Gasteiger partial charge in [0.1, 0.15) is 10.5 Å². The van der Waals surface area contributed by atoms with Crippen LogP contribution in [-0.2, 0) is 9.84 Å². The van der Waals surface area contributed by atoms with Crippen LogP contribution in [0.2, 0.25) is 0 Å². The van der Waals surface area contributed by atoms with Crippen LogP contribution in [-0.4, -0.2) is 17.6 Å². The number of fused-ring (bicyclic) bond motifs is 2. The van der Waals surface area contributed by atoms with Crippen molar-refractivity contribution < 1.29 is 4.43 Å². The Hall–Kier alpha value is -1.64. The predicted octanol–water partition coefficient (Wildman–Crippen LogP) is 4.13. The summed E-state index contributed by atoms with van der Waals surface area (Å²) in [6.45, 7) is 2.36. The van der Waals surface area contributed by atoms with Crippen molar-refractivity contribution in [3.63, 3.8) is 0 Å². The Bertz CT molecular complexity index is 678. The summed E-state index contributed by atoms with van der Waals surface area (Å²) in [4.78, 5) is 0. The normalized spacial score (nSPS) is 25.4. The van der Waals surface area contributed by atoms with Crippen LogP contribution >= 0.6 is 0 Å². The van der Waals surface area contributed by atoms with E-state index >= 15 is 0 Å². The quantitative estimate of drug-likeness (QED) is 0.756. The second-order valence-corrected chi connectivity index (χ2v) is 7.54. The second-order valence-electron chi connectivity index (χ2n) is 6.72. The van der Waals surface area contributed by atoms with Gasteiger partial charge in [-0.05, 0) is 48.8 Å². The third-order valence-corrected chi connectivity index (χ3v) is 5.39. The van der Waals surface area contributed by atoms with Gasteiger partial charge in [-0.25, -0.2) is 0 Å². The predicted molar refractivity (Wildman–Crippen MR) is 101 cm³/mol. The first kappa shape index (κ1) is 16.2. The zero-order valence-electron chi connectivity index (χ0n) is 14.4. The van der Waals surface area contributed by atoms with Gasteiger partial charge in [-0.2, -0.15) is 0 Å². The van der Waals surface area contributed by atoms with Crippen LogP contribution in [0.15, 0.2) is 66.2 Å². The van der Waals surface area contributed by atoms with Gasteiger partial charge in [0.15, 0.2) is 0 Å². The molecule has 1 nitrogen and oxygen atoms in total. The van der Waals surface area contributed by atoms with Gasteiger partial charge in [0, 0.05) is 12.5 Å². The average Bonchev–Trinajstić information content (AvgIpc) is 3.15. The molecule has 0 aliphatic heterocycles. The van der Waals surface area contributed by atoms with E-state index in [0.717, 1.165) is 16.4 Å². The SMILES string of the molecule is CC1=C(c2ccccc2)C2(c3ccccc3)CCC1C2.CO[SiH3]. The van der Waals surface area contributed by atoms with E-state index in [1.54, 1.807) is 18.3 Å². The molecular formula is C21H26OSi. The van der Waals surface area contributed by atoms with Gasteiger partial charge in [-0.15, -0.1) is 0 Å². The molecule has 2 unspecified atom stereocenters. The van der Waals surface area contributed by atoms with Gasteiger partial charge in [0.05, 0.1) is 0 Å². The standard InChI is InChI=1S/C20H20.CH6OSi/c1-15-17-12-13-20(14-17,18-10-6-3-7-11-18)19(15)16-8-4-2-5-9-16;1-2-3/h2-11,17H,12-14H2,1H3;1,3H3. The van der Waals surface area contributed by atoms with Crippen molar-refractivity contribution in [2.45, 2.75) is 31.6 Å². The Kier molecular flexibility index (Phi) is 4.84. The summed E-state index contributed by atoms with van der Waals surface area (Å²) in [6, 6.07) is 22.2. The Morgan fingerprint density at radius 2 is 1.57 bits per heavy atom. The number of allylic oxidation sites excluding steroid dienone is 2. The van der Waals surface area contributed by atoms with Gasteiger partial charge in [-0.3, -0.25) is 0 Å². The van der Waals surface area contributed by atoms with E-state index < -0.39 is 0 Å². The molecule has 2 atom stereocenters. The van der Waals surface area contributed by atoms with E-state index in [2.05, 4.69) is 72.0 Å². The molecule has 120 valence electrons. The minimum absolute atomic E-state index is 0.275. The van der Waals surface area contributed by atoms with Gasteiger partial charge < -0.3 is 4.43 Å². The minimum atomic E-state index is 0.275. The van der Waals surface area contributed by atoms with E-state index in [4.69, 9.17) is 0 Å². The molecule has 0 heterocycles. The fraction of sp³-hybridized carbons (Fsp3) is 0.333. The Balaban J connectivity index is 0.000000485. The highest BCUT2D eigenvalue weighted by Gasteiger charge is 2.50. The lowest BCUT2D eigenvalue weighted by atomic mass is 9.71. The Labute approximate surface area is 142 Å². The van der Waals surface area contributed by atoms with Crippen molar-refractivity contribution in [1.82, 2.24) is 0 Å². The minimum Gasteiger partial charge on any atom is -0.431 e. The molecule has 0 radical (unpaired) electrons. The number of hydrogen-bond donors (Lipinski definition) is 0. The van der Waals surface area contributed by atoms with Crippen LogP contribution in [0.1, 0.15) is 37.3 Å². The summed E-state index contributed by atoms with van der Waals surface area (Å²) in [7, 11) is 2.56. The van der Waals surface area contributed by atoms with Crippen LogP contribution in [0, 0.1) is 5.92 Å². The fourth-order valence-electron chi connectivity index (χ4n) is 4.50. The third kappa shape index (κ3) is 2.82. The molecule has 1 fully saturated rings. The summed E-state index contributed by atoms with van der Waals surface area (Å²) >= 11 is 0. The lowest BCUT2D eigenvalue weighted by molar-refractivity contribution is 0.460. The largest absolute Gasteiger partial charge is 0.431 e. The second kappa shape index (κ2) is 6.86. The zero-order chi connectivity index (χ0) is 16.3. The Morgan fingerprint density at radius 3 is 2.17 bits per heavy atom. The van der Waals surface area contributed by atoms with Gasteiger partial charge in [0.25, 0.3) is 0 Å². The molecule has 2 heteroatoms. The summed E-state index contributed by atoms with van der Waals surface area (Å²) in [5.74, 6) is 0.797. The lowest BCUT2D eigenvalue weighted by Gasteiger charge is -2.32. The van der Waals surface area contributed by atoms with Crippen molar-refractivity contribution in [1.29, 1.82) is 0 Å². The van der Waals surface area contributed by atoms with Crippen LogP contribution in [0.5, 0.6) is 0 Å². The van der Waals surface area contributed by atoms with Crippen LogP contribution in [0.3, 0.4) is 0 Å². The third-order valence-electron chi connectivity index (χ3n) is 5.39. The first-order valence-corrected chi connectivity index (χ1v) is 9.27. The average molecular weight is 323 g/mol. The molecule has 2 aliphatic carbocycles. The molecule has 0 N–H and O–H groups in total. The maximum absolute atomic E-state index is 4.39. The van der Waals surface area contributed by atoms with Crippen molar-refractivity contribution in [3.05, 3.63) is 77.4 Å². The maximum Gasteiger partial charge on any atom is 0.145 e. The molecular weight excluding hydrogens is 296 g/mol. The topological polar surface area (TPSA) is 9.23 Å². The van der Waals surface area contributed by atoms with Gasteiger partial charge in [-0.1, -0.05) is 66.2 Å². The molecule has 1 saturated carbocycles. The van der Waals surface area contributed by atoms with Crippen molar-refractivity contribution in [3.8, 4) is 0 Å². The molecule has 23 heavy (non-hydrogen) atoms. The summed E-state index contributed by atoms with van der Waals surface area (Å²) in [6.07, 6.45) is 3.98. The van der Waals surface area contributed by atoms with Gasteiger partial charge >= 0.3 is 0 Å². The highest BCUT2D eigenvalue weighted by Crippen LogP contribution is 2.61. The maximum atomic E-state index is 4.39. The molecule has 2 bridgehead atoms. The molecule has 0 amide bonds. The number of hydrogen-bond acceptors (Lipinski definition) is 1. The monoisotopic (exact) mass is 322 g/mol. The number of rotatable bonds is 2. The highest BCUT2D eigenvalue weighted by molar-refractivity contribution is 5.97. The van der Waals surface area contributed by atoms with E-state index in [1.165, 1.54) is 30.4 Å². The number of benzene rings is 2. The smallest absolute Gasteiger partial charge is 0.145 e. The fourth-order valence-corrected chi connectivity index (χ4v) is 4.50. The van der Waals surface area contributed by atoms with Crippen molar-refractivity contribution >= 4 is 16.1 Å². The van der Waals surface area contributed by atoms with E-state index in [9.17, 15) is 0 Å². The zero-order valence-corrected chi connectivity index (χ0v) is 16.4. The molecule has 0 spiro atoms. The molecule has 2 aromatic carbocycles. The summed E-state index contributed by atoms with van der Waals surface area (Å²) < 4.78 is 4.39. The molecule has 2 aromatic rings. The molecule has 4 rings (SSSR count). The lowest BCUT2D eigenvalue weighted by Crippen LogP contribution is -2.22. The van der Waals surface area contributed by atoms with Crippen molar-refractivity contribution in [2.24, 2.45) is 5.92 Å². The first-order valence-electron chi connectivity index (χ1n) is 8.45. The molecule has 0 aromatic heterocycles. The van der Waals surface area contributed by atoms with Crippen LogP contribution < -0.4 is 0 Å². The van der Waals surface area contributed by atoms with Gasteiger partial charge in [0.2, 0.25) is 0 Å². The van der Waals surface area contributed by atoms with Crippen LogP contribution in [0.25, 0.3) is 5.57 Å². The highest BCUT2D eigenvalue weighted by atomic mass is 28.2.